The molecule has 0 bridgehead atoms. The fourth-order valence-corrected chi connectivity index (χ4v) is 4.63. The SMILES string of the molecule is CC(=O)O[C@H]1C[C@@H](OC2CCCCO2)[C@@H](CO)[C@H]1CCCCCCC(=O)OC(C)C. The number of carbonyl (C=O) groups is 2. The van der Waals surface area contributed by atoms with E-state index in [1.54, 1.807) is 0 Å². The van der Waals surface area contributed by atoms with Gasteiger partial charge in [-0.25, -0.2) is 0 Å². The van der Waals surface area contributed by atoms with E-state index >= 15 is 0 Å². The first-order valence-electron chi connectivity index (χ1n) is 11.6. The maximum atomic E-state index is 11.6. The standard InChI is InChI=1S/C23H40O7/c1-16(2)28-22(26)11-7-5-4-6-10-18-19(15-24)21(14-20(18)29-17(3)25)30-23-12-8-9-13-27-23/h16,18-21,23-24H,4-15H2,1-3H3/t18-,19+,20+,21-,23?/m1/s1. The van der Waals surface area contributed by atoms with Gasteiger partial charge in [0.25, 0.3) is 0 Å². The Hall–Kier alpha value is -1.18. The predicted octanol–water partition coefficient (Wildman–Crippen LogP) is 3.75. The van der Waals surface area contributed by atoms with Crippen LogP contribution in [0.3, 0.4) is 0 Å². The van der Waals surface area contributed by atoms with Gasteiger partial charge in [0.15, 0.2) is 6.29 Å². The number of hydrogen-bond donors (Lipinski definition) is 1. The molecule has 7 heteroatoms. The lowest BCUT2D eigenvalue weighted by Crippen LogP contribution is -2.33. The Bertz CT molecular complexity index is 516. The number of aliphatic hydroxyl groups is 1. The first-order chi connectivity index (χ1) is 14.4. The molecule has 174 valence electrons. The van der Waals surface area contributed by atoms with Crippen molar-refractivity contribution in [3.63, 3.8) is 0 Å². The average Bonchev–Trinajstić information content (AvgIpc) is 2.99. The molecule has 7 nitrogen and oxygen atoms in total. The summed E-state index contributed by atoms with van der Waals surface area (Å²) in [5, 5.41) is 10.0. The fourth-order valence-electron chi connectivity index (χ4n) is 4.63. The van der Waals surface area contributed by atoms with Crippen LogP contribution in [0, 0.1) is 11.8 Å². The largest absolute Gasteiger partial charge is 0.463 e. The van der Waals surface area contributed by atoms with E-state index in [2.05, 4.69) is 0 Å². The lowest BCUT2D eigenvalue weighted by Gasteiger charge is -2.29. The van der Waals surface area contributed by atoms with Crippen LogP contribution in [0.2, 0.25) is 0 Å². The molecule has 0 aromatic carbocycles. The molecule has 1 unspecified atom stereocenters. The zero-order valence-electron chi connectivity index (χ0n) is 18.8. The molecule has 1 saturated heterocycles. The van der Waals surface area contributed by atoms with Gasteiger partial charge in [-0.3, -0.25) is 9.59 Å². The monoisotopic (exact) mass is 428 g/mol. The number of aliphatic hydroxyl groups excluding tert-OH is 1. The van der Waals surface area contributed by atoms with Crippen LogP contribution in [-0.2, 0) is 28.5 Å². The van der Waals surface area contributed by atoms with Crippen LogP contribution in [0.15, 0.2) is 0 Å². The van der Waals surface area contributed by atoms with Crippen LogP contribution in [0.25, 0.3) is 0 Å². The molecule has 0 amide bonds. The van der Waals surface area contributed by atoms with Crippen molar-refractivity contribution >= 4 is 11.9 Å². The van der Waals surface area contributed by atoms with Crippen molar-refractivity contribution in [3.8, 4) is 0 Å². The summed E-state index contributed by atoms with van der Waals surface area (Å²) in [6, 6.07) is 0. The van der Waals surface area contributed by atoms with Gasteiger partial charge in [0, 0.05) is 44.8 Å². The lowest BCUT2D eigenvalue weighted by atomic mass is 9.89. The molecule has 30 heavy (non-hydrogen) atoms. The minimum atomic E-state index is -0.292. The van der Waals surface area contributed by atoms with Crippen LogP contribution in [0.4, 0.5) is 0 Å². The maximum absolute atomic E-state index is 11.6. The van der Waals surface area contributed by atoms with Gasteiger partial charge in [0.05, 0.1) is 12.2 Å². The molecule has 2 aliphatic rings. The highest BCUT2D eigenvalue weighted by Gasteiger charge is 2.45. The summed E-state index contributed by atoms with van der Waals surface area (Å²) in [4.78, 5) is 23.2. The molecule has 1 heterocycles. The number of ether oxygens (including phenoxy) is 4. The van der Waals surface area contributed by atoms with Crippen LogP contribution in [-0.4, -0.2) is 54.9 Å². The molecule has 2 rings (SSSR count). The van der Waals surface area contributed by atoms with E-state index in [4.69, 9.17) is 18.9 Å². The van der Waals surface area contributed by atoms with Gasteiger partial charge < -0.3 is 24.1 Å². The lowest BCUT2D eigenvalue weighted by molar-refractivity contribution is -0.198. The van der Waals surface area contributed by atoms with Gasteiger partial charge in [0.2, 0.25) is 0 Å². The third-order valence-electron chi connectivity index (χ3n) is 6.00. The Morgan fingerprint density at radius 2 is 1.83 bits per heavy atom. The van der Waals surface area contributed by atoms with Crippen molar-refractivity contribution in [2.75, 3.05) is 13.2 Å². The average molecular weight is 429 g/mol. The van der Waals surface area contributed by atoms with Gasteiger partial charge in [-0.2, -0.15) is 0 Å². The number of rotatable bonds is 12. The van der Waals surface area contributed by atoms with Crippen molar-refractivity contribution in [1.29, 1.82) is 0 Å². The summed E-state index contributed by atoms with van der Waals surface area (Å²) in [5.41, 5.74) is 0. The van der Waals surface area contributed by atoms with Crippen LogP contribution < -0.4 is 0 Å². The van der Waals surface area contributed by atoms with E-state index in [9.17, 15) is 14.7 Å². The van der Waals surface area contributed by atoms with E-state index in [0.29, 0.717) is 19.4 Å². The smallest absolute Gasteiger partial charge is 0.306 e. The first kappa shape index (κ1) is 25.1. The summed E-state index contributed by atoms with van der Waals surface area (Å²) in [5.74, 6) is -0.403. The highest BCUT2D eigenvalue weighted by Crippen LogP contribution is 2.40. The predicted molar refractivity (Wildman–Crippen MR) is 112 cm³/mol. The molecule has 0 radical (unpaired) electrons. The molecule has 5 atom stereocenters. The van der Waals surface area contributed by atoms with E-state index in [1.807, 2.05) is 13.8 Å². The zero-order valence-corrected chi connectivity index (χ0v) is 18.8. The summed E-state index contributed by atoms with van der Waals surface area (Å²) in [6.45, 7) is 5.87. The number of unbranched alkanes of at least 4 members (excludes halogenated alkanes) is 3. The topological polar surface area (TPSA) is 91.3 Å². The Labute approximate surface area is 180 Å². The minimum absolute atomic E-state index is 0.0147. The van der Waals surface area contributed by atoms with Crippen LogP contribution in [0.1, 0.15) is 85.0 Å². The molecule has 0 spiro atoms. The Morgan fingerprint density at radius 3 is 2.47 bits per heavy atom. The third-order valence-corrected chi connectivity index (χ3v) is 6.00. The summed E-state index contributed by atoms with van der Waals surface area (Å²) >= 11 is 0. The van der Waals surface area contributed by atoms with Crippen molar-refractivity contribution in [1.82, 2.24) is 0 Å². The second-order valence-electron chi connectivity index (χ2n) is 8.86. The molecule has 1 N–H and O–H groups in total. The fraction of sp³-hybridized carbons (Fsp3) is 0.913. The van der Waals surface area contributed by atoms with E-state index < -0.39 is 0 Å². The molecule has 0 aromatic heterocycles. The Kier molecular flexibility index (Phi) is 11.1. The minimum Gasteiger partial charge on any atom is -0.463 e. The second kappa shape index (κ2) is 13.3. The highest BCUT2D eigenvalue weighted by molar-refractivity contribution is 5.69. The maximum Gasteiger partial charge on any atom is 0.306 e. The zero-order chi connectivity index (χ0) is 21.9. The first-order valence-corrected chi connectivity index (χ1v) is 11.6. The molecule has 1 aliphatic heterocycles. The second-order valence-corrected chi connectivity index (χ2v) is 8.86. The van der Waals surface area contributed by atoms with Crippen LogP contribution >= 0.6 is 0 Å². The molecule has 2 fully saturated rings. The summed E-state index contributed by atoms with van der Waals surface area (Å²) in [7, 11) is 0. The number of hydrogen-bond acceptors (Lipinski definition) is 7. The van der Waals surface area contributed by atoms with Gasteiger partial charge in [-0.15, -0.1) is 0 Å². The third kappa shape index (κ3) is 8.52. The van der Waals surface area contributed by atoms with Gasteiger partial charge in [0.1, 0.15) is 6.10 Å². The summed E-state index contributed by atoms with van der Waals surface area (Å²) < 4.78 is 22.6. The molecular weight excluding hydrogens is 388 g/mol. The molecule has 1 aliphatic carbocycles. The molecular formula is C23H40O7. The van der Waals surface area contributed by atoms with Crippen LogP contribution in [0.5, 0.6) is 0 Å². The normalized spacial score (nSPS) is 29.2. The number of carbonyl (C=O) groups excluding carboxylic acids is 2. The van der Waals surface area contributed by atoms with Crippen molar-refractivity contribution in [2.45, 2.75) is 110 Å². The quantitative estimate of drug-likeness (QED) is 0.374. The van der Waals surface area contributed by atoms with E-state index in [-0.39, 0.29) is 55.0 Å². The van der Waals surface area contributed by atoms with E-state index in [0.717, 1.165) is 51.4 Å². The van der Waals surface area contributed by atoms with Crippen molar-refractivity contribution in [2.24, 2.45) is 11.8 Å². The highest BCUT2D eigenvalue weighted by atomic mass is 16.7. The molecule has 1 saturated carbocycles. The Balaban J connectivity index is 1.79. The van der Waals surface area contributed by atoms with Crippen molar-refractivity contribution < 1.29 is 33.6 Å². The molecule has 0 aromatic rings. The van der Waals surface area contributed by atoms with Gasteiger partial charge in [-0.05, 0) is 46.0 Å². The summed E-state index contributed by atoms with van der Waals surface area (Å²) in [6.07, 6.45) is 8.00. The van der Waals surface area contributed by atoms with Gasteiger partial charge >= 0.3 is 11.9 Å². The van der Waals surface area contributed by atoms with Gasteiger partial charge in [-0.1, -0.05) is 19.3 Å². The number of esters is 2. The van der Waals surface area contributed by atoms with Crippen molar-refractivity contribution in [3.05, 3.63) is 0 Å². The van der Waals surface area contributed by atoms with E-state index in [1.165, 1.54) is 6.92 Å². The Morgan fingerprint density at radius 1 is 1.07 bits per heavy atom.